The van der Waals surface area contributed by atoms with Crippen molar-refractivity contribution < 1.29 is 0 Å². The van der Waals surface area contributed by atoms with Crippen molar-refractivity contribution in [3.63, 3.8) is 0 Å². The highest BCUT2D eigenvalue weighted by Crippen LogP contribution is 2.29. The van der Waals surface area contributed by atoms with E-state index in [0.717, 1.165) is 43.7 Å². The molecule has 0 radical (unpaired) electrons. The topological polar surface area (TPSA) is 16.1 Å². The maximum atomic E-state index is 5.08. The Balaban J connectivity index is 1.89. The summed E-state index contributed by atoms with van der Waals surface area (Å²) in [5, 5.41) is 0. The van der Waals surface area contributed by atoms with Crippen LogP contribution in [0.4, 0.5) is 0 Å². The molecule has 3 rings (SSSR count). The molecule has 0 aliphatic heterocycles. The van der Waals surface area contributed by atoms with E-state index in [4.69, 9.17) is 4.98 Å². The van der Waals surface area contributed by atoms with E-state index in [9.17, 15) is 0 Å². The summed E-state index contributed by atoms with van der Waals surface area (Å²) in [6.07, 6.45) is 3.20. The molecule has 2 heteroatoms. The van der Waals surface area contributed by atoms with Crippen molar-refractivity contribution in [2.75, 3.05) is 0 Å². The first-order valence-electron chi connectivity index (χ1n) is 11.4. The number of hydrogen-bond donors (Lipinski definition) is 0. The van der Waals surface area contributed by atoms with E-state index >= 15 is 0 Å². The second-order valence-corrected chi connectivity index (χ2v) is 8.25. The average molecular weight is 401 g/mol. The molecule has 2 aromatic carbocycles. The Morgan fingerprint density at radius 3 is 2.00 bits per heavy atom. The zero-order valence-corrected chi connectivity index (χ0v) is 19.3. The molecule has 2 nitrogen and oxygen atoms in total. The van der Waals surface area contributed by atoms with Gasteiger partial charge in [-0.2, -0.15) is 0 Å². The highest BCUT2D eigenvalue weighted by Gasteiger charge is 2.16. The molecule has 0 fully saturated rings. The molecule has 0 saturated carbocycles. The third-order valence-electron chi connectivity index (χ3n) is 6.27. The van der Waals surface area contributed by atoms with Gasteiger partial charge in [-0.1, -0.05) is 75.4 Å². The summed E-state index contributed by atoms with van der Waals surface area (Å²) in [6.45, 7) is 13.1. The molecule has 0 aliphatic rings. The van der Waals surface area contributed by atoms with E-state index in [2.05, 4.69) is 100 Å². The summed E-state index contributed by atoms with van der Waals surface area (Å²) in [7, 11) is 0. The van der Waals surface area contributed by atoms with Crippen LogP contribution in [0.5, 0.6) is 0 Å². The van der Waals surface area contributed by atoms with Gasteiger partial charge in [0.1, 0.15) is 0 Å². The second-order valence-electron chi connectivity index (χ2n) is 8.25. The lowest BCUT2D eigenvalue weighted by molar-refractivity contribution is 0.185. The summed E-state index contributed by atoms with van der Waals surface area (Å²) in [5.41, 5.74) is 9.05. The predicted octanol–water partition coefficient (Wildman–Crippen LogP) is 6.98. The summed E-state index contributed by atoms with van der Waals surface area (Å²) in [4.78, 5) is 7.65. The zero-order chi connectivity index (χ0) is 21.5. The van der Waals surface area contributed by atoms with Crippen LogP contribution in [0.1, 0.15) is 62.1 Å². The molecule has 158 valence electrons. The summed E-state index contributed by atoms with van der Waals surface area (Å²) in [6, 6.07) is 22.5. The van der Waals surface area contributed by atoms with Gasteiger partial charge in [-0.25, -0.2) is 0 Å². The molecule has 1 heterocycles. The van der Waals surface area contributed by atoms with E-state index in [-0.39, 0.29) is 0 Å². The van der Waals surface area contributed by atoms with Crippen molar-refractivity contribution in [2.24, 2.45) is 0 Å². The first kappa shape index (κ1) is 22.2. The third kappa shape index (κ3) is 5.17. The van der Waals surface area contributed by atoms with Gasteiger partial charge < -0.3 is 0 Å². The number of benzene rings is 2. The van der Waals surface area contributed by atoms with Crippen LogP contribution in [0.25, 0.3) is 11.3 Å². The SMILES string of the molecule is CCc1cccc(CC)c1-c1ccc(CN(Cc2ccccc2)C(C)CC)c(C)n1. The summed E-state index contributed by atoms with van der Waals surface area (Å²) < 4.78 is 0. The molecule has 0 spiro atoms. The number of rotatable bonds is 9. The van der Waals surface area contributed by atoms with Crippen molar-refractivity contribution in [1.29, 1.82) is 0 Å². The van der Waals surface area contributed by atoms with Crippen molar-refractivity contribution in [3.05, 3.63) is 88.6 Å². The molecular weight excluding hydrogens is 364 g/mol. The van der Waals surface area contributed by atoms with Crippen LogP contribution in [-0.4, -0.2) is 15.9 Å². The molecule has 0 saturated heterocycles. The molecule has 3 aromatic rings. The van der Waals surface area contributed by atoms with E-state index in [0.29, 0.717) is 6.04 Å². The van der Waals surface area contributed by atoms with Crippen LogP contribution >= 0.6 is 0 Å². The fourth-order valence-electron chi connectivity index (χ4n) is 4.13. The number of aryl methyl sites for hydroxylation is 3. The highest BCUT2D eigenvalue weighted by atomic mass is 15.1. The van der Waals surface area contributed by atoms with Gasteiger partial charge in [-0.05, 0) is 61.4 Å². The largest absolute Gasteiger partial charge is 0.292 e. The molecular formula is C28H36N2. The lowest BCUT2D eigenvalue weighted by Crippen LogP contribution is -2.32. The Labute approximate surface area is 183 Å². The van der Waals surface area contributed by atoms with E-state index in [1.54, 1.807) is 0 Å². The number of nitrogens with zero attached hydrogens (tertiary/aromatic N) is 2. The average Bonchev–Trinajstić information content (AvgIpc) is 2.79. The first-order chi connectivity index (χ1) is 14.6. The third-order valence-corrected chi connectivity index (χ3v) is 6.27. The van der Waals surface area contributed by atoms with Gasteiger partial charge in [0.05, 0.1) is 5.69 Å². The molecule has 0 aliphatic carbocycles. The highest BCUT2D eigenvalue weighted by molar-refractivity contribution is 5.68. The quantitative estimate of drug-likeness (QED) is 0.385. The van der Waals surface area contributed by atoms with Gasteiger partial charge in [0.2, 0.25) is 0 Å². The van der Waals surface area contributed by atoms with Gasteiger partial charge in [-0.15, -0.1) is 0 Å². The minimum Gasteiger partial charge on any atom is -0.292 e. The fraction of sp³-hybridized carbons (Fsp3) is 0.393. The maximum Gasteiger partial charge on any atom is 0.0710 e. The van der Waals surface area contributed by atoms with Crippen LogP contribution in [0.15, 0.2) is 60.7 Å². The Hall–Kier alpha value is -2.45. The van der Waals surface area contributed by atoms with Crippen LogP contribution in [-0.2, 0) is 25.9 Å². The molecule has 1 aromatic heterocycles. The predicted molar refractivity (Wildman–Crippen MR) is 129 cm³/mol. The monoisotopic (exact) mass is 400 g/mol. The molecule has 0 N–H and O–H groups in total. The lowest BCUT2D eigenvalue weighted by atomic mass is 9.94. The van der Waals surface area contributed by atoms with Gasteiger partial charge in [0.25, 0.3) is 0 Å². The van der Waals surface area contributed by atoms with Crippen LogP contribution < -0.4 is 0 Å². The summed E-state index contributed by atoms with van der Waals surface area (Å²) >= 11 is 0. The number of pyridine rings is 1. The van der Waals surface area contributed by atoms with Gasteiger partial charge in [0.15, 0.2) is 0 Å². The normalized spacial score (nSPS) is 12.3. The van der Waals surface area contributed by atoms with Crippen molar-refractivity contribution >= 4 is 0 Å². The number of hydrogen-bond acceptors (Lipinski definition) is 2. The van der Waals surface area contributed by atoms with Crippen molar-refractivity contribution in [2.45, 2.75) is 73.0 Å². The molecule has 0 amide bonds. The minimum absolute atomic E-state index is 0.525. The van der Waals surface area contributed by atoms with E-state index < -0.39 is 0 Å². The van der Waals surface area contributed by atoms with Gasteiger partial charge >= 0.3 is 0 Å². The zero-order valence-electron chi connectivity index (χ0n) is 19.3. The Bertz CT molecular complexity index is 924. The van der Waals surface area contributed by atoms with Gasteiger partial charge in [-0.3, -0.25) is 9.88 Å². The van der Waals surface area contributed by atoms with E-state index in [1.165, 1.54) is 27.8 Å². The molecule has 0 bridgehead atoms. The maximum absolute atomic E-state index is 5.08. The molecule has 1 unspecified atom stereocenters. The smallest absolute Gasteiger partial charge is 0.0710 e. The van der Waals surface area contributed by atoms with Crippen LogP contribution in [0.3, 0.4) is 0 Å². The molecule has 1 atom stereocenters. The first-order valence-corrected chi connectivity index (χ1v) is 11.4. The minimum atomic E-state index is 0.525. The Morgan fingerprint density at radius 2 is 1.43 bits per heavy atom. The van der Waals surface area contributed by atoms with Crippen molar-refractivity contribution in [1.82, 2.24) is 9.88 Å². The lowest BCUT2D eigenvalue weighted by Gasteiger charge is -2.29. The van der Waals surface area contributed by atoms with E-state index in [1.807, 2.05) is 0 Å². The van der Waals surface area contributed by atoms with Crippen molar-refractivity contribution in [3.8, 4) is 11.3 Å². The number of aromatic nitrogens is 1. The van der Waals surface area contributed by atoms with Crippen LogP contribution in [0, 0.1) is 6.92 Å². The Kier molecular flexibility index (Phi) is 7.81. The van der Waals surface area contributed by atoms with Crippen LogP contribution in [0.2, 0.25) is 0 Å². The standard InChI is InChI=1S/C28H36N2/c1-6-21(4)30(19-23-13-10-9-11-14-23)20-26-17-18-27(29-22(26)5)28-24(7-2)15-12-16-25(28)8-3/h9-18,21H,6-8,19-20H2,1-5H3. The molecule has 30 heavy (non-hydrogen) atoms. The van der Waals surface area contributed by atoms with Gasteiger partial charge in [0, 0.05) is 30.4 Å². The summed E-state index contributed by atoms with van der Waals surface area (Å²) in [5.74, 6) is 0. The second kappa shape index (κ2) is 10.5. The fourth-order valence-corrected chi connectivity index (χ4v) is 4.13. The Morgan fingerprint density at radius 1 is 0.767 bits per heavy atom.